The Labute approximate surface area is 155 Å². The van der Waals surface area contributed by atoms with Crippen LogP contribution in [0.2, 0.25) is 0 Å². The summed E-state index contributed by atoms with van der Waals surface area (Å²) in [5.74, 6) is -1.82. The SMILES string of the molecule is O=S(=O)(c1ccc(OC(F)F)c(F)c1)N1CC2(CCCC2)c2ccccc21. The van der Waals surface area contributed by atoms with Crippen molar-refractivity contribution in [2.45, 2.75) is 42.6 Å². The first-order chi connectivity index (χ1) is 12.8. The second-order valence-corrected chi connectivity index (χ2v) is 8.85. The normalized spacial score (nSPS) is 18.3. The minimum atomic E-state index is -4.03. The van der Waals surface area contributed by atoms with Crippen LogP contribution in [0, 0.1) is 5.82 Å². The molecule has 27 heavy (non-hydrogen) atoms. The lowest BCUT2D eigenvalue weighted by atomic mass is 9.81. The van der Waals surface area contributed by atoms with Crippen LogP contribution in [0.5, 0.6) is 5.75 Å². The number of hydrogen-bond donors (Lipinski definition) is 0. The standard InChI is InChI=1S/C19H18F3NO3S/c20-15-11-13(7-8-17(15)26-18(21)22)27(24,25)23-12-19(9-3-4-10-19)14-5-1-2-6-16(14)23/h1-2,5-8,11,18H,3-4,9-10,12H2. The van der Waals surface area contributed by atoms with E-state index in [9.17, 15) is 21.6 Å². The molecule has 0 unspecified atom stereocenters. The number of nitrogens with zero attached hydrogens (tertiary/aromatic N) is 1. The van der Waals surface area contributed by atoms with Gasteiger partial charge in [-0.25, -0.2) is 12.8 Å². The first kappa shape index (κ1) is 18.2. The second-order valence-electron chi connectivity index (χ2n) is 6.99. The highest BCUT2D eigenvalue weighted by Crippen LogP contribution is 2.51. The summed E-state index contributed by atoms with van der Waals surface area (Å²) >= 11 is 0. The van der Waals surface area contributed by atoms with E-state index in [-0.39, 0.29) is 10.3 Å². The quantitative estimate of drug-likeness (QED) is 0.766. The molecule has 1 aliphatic heterocycles. The first-order valence-corrected chi connectivity index (χ1v) is 10.1. The number of alkyl halides is 2. The highest BCUT2D eigenvalue weighted by molar-refractivity contribution is 7.92. The number of halogens is 3. The number of para-hydroxylation sites is 1. The van der Waals surface area contributed by atoms with Crippen molar-refractivity contribution in [3.8, 4) is 5.75 Å². The molecule has 0 N–H and O–H groups in total. The van der Waals surface area contributed by atoms with Crippen LogP contribution >= 0.6 is 0 Å². The monoisotopic (exact) mass is 397 g/mol. The topological polar surface area (TPSA) is 46.6 Å². The van der Waals surface area contributed by atoms with Gasteiger partial charge < -0.3 is 4.74 Å². The summed E-state index contributed by atoms with van der Waals surface area (Å²) in [6, 6.07) is 10.1. The van der Waals surface area contributed by atoms with Crippen molar-refractivity contribution < 1.29 is 26.3 Å². The van der Waals surface area contributed by atoms with Gasteiger partial charge in [-0.15, -0.1) is 0 Å². The van der Waals surface area contributed by atoms with E-state index in [4.69, 9.17) is 0 Å². The van der Waals surface area contributed by atoms with Gasteiger partial charge in [0.1, 0.15) is 0 Å². The Morgan fingerprint density at radius 3 is 2.44 bits per heavy atom. The smallest absolute Gasteiger partial charge is 0.387 e. The van der Waals surface area contributed by atoms with Gasteiger partial charge in [-0.2, -0.15) is 8.78 Å². The minimum Gasteiger partial charge on any atom is -0.432 e. The third kappa shape index (κ3) is 2.96. The molecular formula is C19H18F3NO3S. The molecule has 4 nitrogen and oxygen atoms in total. The van der Waals surface area contributed by atoms with Crippen molar-refractivity contribution in [1.82, 2.24) is 0 Å². The molecule has 8 heteroatoms. The van der Waals surface area contributed by atoms with Crippen LogP contribution in [0.25, 0.3) is 0 Å². The molecule has 1 aliphatic carbocycles. The predicted molar refractivity (Wildman–Crippen MR) is 94.2 cm³/mol. The summed E-state index contributed by atoms with van der Waals surface area (Å²) in [6.45, 7) is -2.87. The van der Waals surface area contributed by atoms with E-state index >= 15 is 0 Å². The lowest BCUT2D eigenvalue weighted by Gasteiger charge is -2.25. The molecule has 2 aromatic carbocycles. The van der Waals surface area contributed by atoms with Crippen LogP contribution in [0.15, 0.2) is 47.4 Å². The van der Waals surface area contributed by atoms with Crippen molar-refractivity contribution in [2.24, 2.45) is 0 Å². The third-order valence-electron chi connectivity index (χ3n) is 5.46. The Morgan fingerprint density at radius 2 is 1.78 bits per heavy atom. The molecule has 144 valence electrons. The van der Waals surface area contributed by atoms with Crippen molar-refractivity contribution >= 4 is 15.7 Å². The fourth-order valence-corrected chi connectivity index (χ4v) is 5.82. The van der Waals surface area contributed by atoms with Crippen LogP contribution in [-0.4, -0.2) is 21.6 Å². The first-order valence-electron chi connectivity index (χ1n) is 8.70. The van der Waals surface area contributed by atoms with Crippen LogP contribution in [-0.2, 0) is 15.4 Å². The van der Waals surface area contributed by atoms with E-state index in [1.807, 2.05) is 12.1 Å². The number of benzene rings is 2. The molecule has 1 spiro atoms. The fourth-order valence-electron chi connectivity index (χ4n) is 4.24. The zero-order chi connectivity index (χ0) is 19.2. The van der Waals surface area contributed by atoms with E-state index in [0.29, 0.717) is 12.2 Å². The summed E-state index contributed by atoms with van der Waals surface area (Å²) < 4.78 is 70.4. The molecular weight excluding hydrogens is 379 g/mol. The molecule has 0 atom stereocenters. The summed E-state index contributed by atoms with van der Waals surface area (Å²) in [5, 5.41) is 0. The van der Waals surface area contributed by atoms with E-state index in [2.05, 4.69) is 4.74 Å². The Bertz CT molecular complexity index is 972. The summed E-state index contributed by atoms with van der Waals surface area (Å²) in [4.78, 5) is -0.286. The molecule has 1 saturated carbocycles. The van der Waals surface area contributed by atoms with Crippen molar-refractivity contribution in [3.05, 3.63) is 53.8 Å². The summed E-state index contributed by atoms with van der Waals surface area (Å²) in [6.07, 6.45) is 3.89. The van der Waals surface area contributed by atoms with Gasteiger partial charge in [0, 0.05) is 12.0 Å². The molecule has 0 amide bonds. The zero-order valence-corrected chi connectivity index (χ0v) is 15.2. The van der Waals surface area contributed by atoms with Gasteiger partial charge in [0.25, 0.3) is 10.0 Å². The Balaban J connectivity index is 1.74. The van der Waals surface area contributed by atoms with Crippen LogP contribution < -0.4 is 9.04 Å². The molecule has 0 aromatic heterocycles. The number of sulfonamides is 1. The number of rotatable bonds is 4. The Hall–Kier alpha value is -2.22. The number of anilines is 1. The molecule has 0 radical (unpaired) electrons. The maximum absolute atomic E-state index is 14.1. The van der Waals surface area contributed by atoms with Gasteiger partial charge in [-0.3, -0.25) is 4.31 Å². The van der Waals surface area contributed by atoms with Crippen molar-refractivity contribution in [3.63, 3.8) is 0 Å². The Kier molecular flexibility index (Phi) is 4.33. The number of hydrogen-bond acceptors (Lipinski definition) is 3. The average molecular weight is 397 g/mol. The van der Waals surface area contributed by atoms with Crippen LogP contribution in [0.4, 0.5) is 18.9 Å². The minimum absolute atomic E-state index is 0.207. The molecule has 0 bridgehead atoms. The highest BCUT2D eigenvalue weighted by atomic mass is 32.2. The number of ether oxygens (including phenoxy) is 1. The fraction of sp³-hybridized carbons (Fsp3) is 0.368. The van der Waals surface area contributed by atoms with Gasteiger partial charge in [-0.1, -0.05) is 31.0 Å². The molecule has 1 heterocycles. The van der Waals surface area contributed by atoms with Gasteiger partial charge in [0.05, 0.1) is 10.6 Å². The van der Waals surface area contributed by atoms with Gasteiger partial charge in [-0.05, 0) is 42.7 Å². The third-order valence-corrected chi connectivity index (χ3v) is 7.21. The van der Waals surface area contributed by atoms with Gasteiger partial charge in [0.2, 0.25) is 0 Å². The van der Waals surface area contributed by atoms with Crippen LogP contribution in [0.3, 0.4) is 0 Å². The molecule has 4 rings (SSSR count). The Morgan fingerprint density at radius 1 is 1.07 bits per heavy atom. The van der Waals surface area contributed by atoms with E-state index in [0.717, 1.165) is 49.4 Å². The summed E-state index contributed by atoms with van der Waals surface area (Å²) in [7, 11) is -4.03. The maximum atomic E-state index is 14.1. The number of fused-ring (bicyclic) bond motifs is 2. The largest absolute Gasteiger partial charge is 0.432 e. The molecule has 0 saturated heterocycles. The predicted octanol–water partition coefficient (Wildman–Crippen LogP) is 4.45. The van der Waals surface area contributed by atoms with E-state index < -0.39 is 28.2 Å². The average Bonchev–Trinajstić information content (AvgIpc) is 3.23. The van der Waals surface area contributed by atoms with E-state index in [1.165, 1.54) is 4.31 Å². The maximum Gasteiger partial charge on any atom is 0.387 e. The van der Waals surface area contributed by atoms with E-state index in [1.54, 1.807) is 12.1 Å². The van der Waals surface area contributed by atoms with Gasteiger partial charge in [0.15, 0.2) is 11.6 Å². The lowest BCUT2D eigenvalue weighted by molar-refractivity contribution is -0.0522. The lowest BCUT2D eigenvalue weighted by Crippen LogP contribution is -2.35. The second kappa shape index (κ2) is 6.44. The van der Waals surface area contributed by atoms with Crippen molar-refractivity contribution in [2.75, 3.05) is 10.8 Å². The van der Waals surface area contributed by atoms with Crippen LogP contribution in [0.1, 0.15) is 31.2 Å². The zero-order valence-electron chi connectivity index (χ0n) is 14.4. The molecule has 2 aliphatic rings. The highest BCUT2D eigenvalue weighted by Gasteiger charge is 2.48. The van der Waals surface area contributed by atoms with Gasteiger partial charge >= 0.3 is 6.61 Å². The molecule has 2 aromatic rings. The molecule has 1 fully saturated rings. The van der Waals surface area contributed by atoms with Crippen molar-refractivity contribution in [1.29, 1.82) is 0 Å². The summed E-state index contributed by atoms with van der Waals surface area (Å²) in [5.41, 5.74) is 1.40.